The Hall–Kier alpha value is -2.04. The molecule has 0 aliphatic heterocycles. The molecule has 0 heterocycles. The maximum atomic E-state index is 9.04. The van der Waals surface area contributed by atoms with E-state index in [9.17, 15) is 0 Å². The molecule has 0 saturated carbocycles. The number of benzene rings is 2. The first-order valence-electron chi connectivity index (χ1n) is 6.61. The lowest BCUT2D eigenvalue weighted by Crippen LogP contribution is -1.97. The zero-order valence-electron chi connectivity index (χ0n) is 11.0. The monoisotopic (exact) mass is 250 g/mol. The highest BCUT2D eigenvalue weighted by Gasteiger charge is 1.99. The average Bonchev–Trinajstić information content (AvgIpc) is 2.47. The fourth-order valence-corrected chi connectivity index (χ4v) is 2.05. The number of rotatable bonds is 4. The first-order valence-corrected chi connectivity index (χ1v) is 6.61. The predicted octanol–water partition coefficient (Wildman–Crippen LogP) is 3.21. The molecule has 0 fully saturated rings. The van der Waals surface area contributed by atoms with Crippen molar-refractivity contribution < 1.29 is 5.11 Å². The highest BCUT2D eigenvalue weighted by atomic mass is 16.2. The summed E-state index contributed by atoms with van der Waals surface area (Å²) in [5.74, 6) is 6.37. The Kier molecular flexibility index (Phi) is 5.22. The Balaban J connectivity index is 1.95. The molecule has 0 aliphatic carbocycles. The van der Waals surface area contributed by atoms with Crippen molar-refractivity contribution in [1.82, 2.24) is 0 Å². The van der Waals surface area contributed by atoms with E-state index >= 15 is 0 Å². The SMILES string of the molecule is OCCc1ccccc1CCC#Cc1ccccc1. The summed E-state index contributed by atoms with van der Waals surface area (Å²) in [6.45, 7) is 0.201. The van der Waals surface area contributed by atoms with Gasteiger partial charge >= 0.3 is 0 Å². The lowest BCUT2D eigenvalue weighted by Gasteiger charge is -2.05. The topological polar surface area (TPSA) is 20.2 Å². The molecule has 0 bridgehead atoms. The minimum atomic E-state index is 0.201. The zero-order chi connectivity index (χ0) is 13.3. The Morgan fingerprint density at radius 2 is 1.42 bits per heavy atom. The molecule has 1 nitrogen and oxygen atoms in total. The van der Waals surface area contributed by atoms with Crippen molar-refractivity contribution in [2.75, 3.05) is 6.61 Å². The van der Waals surface area contributed by atoms with Gasteiger partial charge in [-0.25, -0.2) is 0 Å². The summed E-state index contributed by atoms with van der Waals surface area (Å²) in [6, 6.07) is 18.3. The minimum absolute atomic E-state index is 0.201. The normalized spacial score (nSPS) is 9.74. The summed E-state index contributed by atoms with van der Waals surface area (Å²) in [6.07, 6.45) is 2.51. The lowest BCUT2D eigenvalue weighted by molar-refractivity contribution is 0.299. The van der Waals surface area contributed by atoms with E-state index in [1.807, 2.05) is 42.5 Å². The molecule has 0 aliphatic rings. The highest BCUT2D eigenvalue weighted by Crippen LogP contribution is 2.11. The average molecular weight is 250 g/mol. The van der Waals surface area contributed by atoms with Crippen molar-refractivity contribution in [3.63, 3.8) is 0 Å². The van der Waals surface area contributed by atoms with Crippen molar-refractivity contribution >= 4 is 0 Å². The van der Waals surface area contributed by atoms with Crippen LogP contribution in [0.5, 0.6) is 0 Å². The molecule has 96 valence electrons. The molecular formula is C18H18O. The van der Waals surface area contributed by atoms with E-state index in [1.165, 1.54) is 11.1 Å². The largest absolute Gasteiger partial charge is 0.396 e. The smallest absolute Gasteiger partial charge is 0.0471 e. The third kappa shape index (κ3) is 4.28. The molecule has 1 heteroatoms. The van der Waals surface area contributed by atoms with E-state index < -0.39 is 0 Å². The number of aryl methyl sites for hydroxylation is 1. The van der Waals surface area contributed by atoms with E-state index in [-0.39, 0.29) is 6.61 Å². The summed E-state index contributed by atoms with van der Waals surface area (Å²) < 4.78 is 0. The van der Waals surface area contributed by atoms with Crippen LogP contribution >= 0.6 is 0 Å². The first kappa shape index (κ1) is 13.4. The summed E-state index contributed by atoms with van der Waals surface area (Å²) in [5.41, 5.74) is 3.58. The Morgan fingerprint density at radius 3 is 2.11 bits per heavy atom. The first-order chi connectivity index (χ1) is 9.40. The molecule has 0 amide bonds. The molecule has 19 heavy (non-hydrogen) atoms. The Labute approximate surface area is 114 Å². The molecule has 2 aromatic rings. The van der Waals surface area contributed by atoms with Crippen LogP contribution in [0.1, 0.15) is 23.1 Å². The van der Waals surface area contributed by atoms with Crippen molar-refractivity contribution in [3.05, 3.63) is 71.3 Å². The van der Waals surface area contributed by atoms with Crippen LogP contribution in [-0.2, 0) is 12.8 Å². The molecule has 0 saturated heterocycles. The molecule has 1 N–H and O–H groups in total. The number of hydrogen-bond acceptors (Lipinski definition) is 1. The molecule has 0 unspecified atom stereocenters. The molecule has 0 radical (unpaired) electrons. The van der Waals surface area contributed by atoms with E-state index in [2.05, 4.69) is 24.0 Å². The van der Waals surface area contributed by atoms with Gasteiger partial charge in [-0.2, -0.15) is 0 Å². The molecule has 0 atom stereocenters. The van der Waals surface area contributed by atoms with Gasteiger partial charge in [0.1, 0.15) is 0 Å². The van der Waals surface area contributed by atoms with Crippen LogP contribution in [0.4, 0.5) is 0 Å². The van der Waals surface area contributed by atoms with Crippen LogP contribution < -0.4 is 0 Å². The molecule has 0 spiro atoms. The third-order valence-electron chi connectivity index (χ3n) is 3.03. The second-order valence-corrected chi connectivity index (χ2v) is 4.41. The van der Waals surface area contributed by atoms with E-state index in [4.69, 9.17) is 5.11 Å². The van der Waals surface area contributed by atoms with Crippen LogP contribution in [0.2, 0.25) is 0 Å². The van der Waals surface area contributed by atoms with Gasteiger partial charge in [-0.15, -0.1) is 0 Å². The van der Waals surface area contributed by atoms with Crippen LogP contribution in [0, 0.1) is 11.8 Å². The van der Waals surface area contributed by atoms with Crippen LogP contribution in [0.3, 0.4) is 0 Å². The van der Waals surface area contributed by atoms with Gasteiger partial charge in [0, 0.05) is 18.6 Å². The standard InChI is InChI=1S/C18H18O/c19-15-14-18-13-7-6-12-17(18)11-5-4-10-16-8-2-1-3-9-16/h1-3,6-9,12-13,19H,5,11,14-15H2. The summed E-state index contributed by atoms with van der Waals surface area (Å²) in [7, 11) is 0. The van der Waals surface area contributed by atoms with Crippen LogP contribution in [-0.4, -0.2) is 11.7 Å². The van der Waals surface area contributed by atoms with Gasteiger partial charge in [0.05, 0.1) is 0 Å². The van der Waals surface area contributed by atoms with Gasteiger partial charge in [0.25, 0.3) is 0 Å². The molecule has 0 aromatic heterocycles. The van der Waals surface area contributed by atoms with E-state index in [1.54, 1.807) is 0 Å². The fraction of sp³-hybridized carbons (Fsp3) is 0.222. The number of hydrogen-bond donors (Lipinski definition) is 1. The van der Waals surface area contributed by atoms with Gasteiger partial charge in [0.15, 0.2) is 0 Å². The summed E-state index contributed by atoms with van der Waals surface area (Å²) in [5, 5.41) is 9.04. The van der Waals surface area contributed by atoms with Gasteiger partial charge < -0.3 is 5.11 Å². The van der Waals surface area contributed by atoms with Crippen LogP contribution in [0.25, 0.3) is 0 Å². The summed E-state index contributed by atoms with van der Waals surface area (Å²) >= 11 is 0. The Bertz CT molecular complexity index is 561. The highest BCUT2D eigenvalue weighted by molar-refractivity contribution is 5.34. The minimum Gasteiger partial charge on any atom is -0.396 e. The second-order valence-electron chi connectivity index (χ2n) is 4.41. The molecule has 2 aromatic carbocycles. The molecular weight excluding hydrogens is 232 g/mol. The maximum Gasteiger partial charge on any atom is 0.0471 e. The predicted molar refractivity (Wildman–Crippen MR) is 78.9 cm³/mol. The number of aliphatic hydroxyl groups excluding tert-OH is 1. The second kappa shape index (κ2) is 7.41. The van der Waals surface area contributed by atoms with Gasteiger partial charge in [-0.3, -0.25) is 0 Å². The third-order valence-corrected chi connectivity index (χ3v) is 3.03. The summed E-state index contributed by atoms with van der Waals surface area (Å²) in [4.78, 5) is 0. The molecule has 2 rings (SSSR count). The van der Waals surface area contributed by atoms with Crippen molar-refractivity contribution in [1.29, 1.82) is 0 Å². The van der Waals surface area contributed by atoms with Crippen LogP contribution in [0.15, 0.2) is 54.6 Å². The van der Waals surface area contributed by atoms with E-state index in [0.29, 0.717) is 0 Å². The van der Waals surface area contributed by atoms with Gasteiger partial charge in [-0.1, -0.05) is 54.3 Å². The van der Waals surface area contributed by atoms with Crippen molar-refractivity contribution in [2.45, 2.75) is 19.3 Å². The quantitative estimate of drug-likeness (QED) is 0.826. The zero-order valence-corrected chi connectivity index (χ0v) is 11.0. The van der Waals surface area contributed by atoms with Crippen molar-refractivity contribution in [2.24, 2.45) is 0 Å². The van der Waals surface area contributed by atoms with Gasteiger partial charge in [0.2, 0.25) is 0 Å². The van der Waals surface area contributed by atoms with E-state index in [0.717, 1.165) is 24.8 Å². The van der Waals surface area contributed by atoms with Gasteiger partial charge in [-0.05, 0) is 36.1 Å². The number of aliphatic hydroxyl groups is 1. The van der Waals surface area contributed by atoms with Crippen molar-refractivity contribution in [3.8, 4) is 11.8 Å². The fourth-order valence-electron chi connectivity index (χ4n) is 2.05. The Morgan fingerprint density at radius 1 is 0.789 bits per heavy atom. The maximum absolute atomic E-state index is 9.04. The lowest BCUT2D eigenvalue weighted by atomic mass is 10.0.